The third-order valence-corrected chi connectivity index (χ3v) is 7.39. The van der Waals surface area contributed by atoms with Crippen molar-refractivity contribution in [2.75, 3.05) is 13.2 Å². The monoisotopic (exact) mass is 518 g/mol. The molecule has 1 aliphatic carbocycles. The van der Waals surface area contributed by atoms with Crippen LogP contribution in [0.1, 0.15) is 47.3 Å². The second kappa shape index (κ2) is 11.8. The minimum absolute atomic E-state index is 0.236. The number of rotatable bonds is 9. The van der Waals surface area contributed by atoms with Gasteiger partial charge in [0.2, 0.25) is 5.91 Å². The summed E-state index contributed by atoms with van der Waals surface area (Å²) in [6.45, 7) is 2.31. The summed E-state index contributed by atoms with van der Waals surface area (Å²) in [6, 6.07) is 14.0. The van der Waals surface area contributed by atoms with Gasteiger partial charge in [-0.2, -0.15) is 5.10 Å². The minimum atomic E-state index is -1.55. The van der Waals surface area contributed by atoms with E-state index in [1.807, 2.05) is 36.4 Å². The molecule has 4 unspecified atom stereocenters. The maximum absolute atomic E-state index is 13.4. The van der Waals surface area contributed by atoms with Gasteiger partial charge in [0.1, 0.15) is 0 Å². The van der Waals surface area contributed by atoms with E-state index in [1.54, 1.807) is 29.2 Å². The zero-order valence-electron chi connectivity index (χ0n) is 21.3. The number of morpholine rings is 1. The van der Waals surface area contributed by atoms with Crippen molar-refractivity contribution in [2.45, 2.75) is 62.9 Å². The second-order valence-electron chi connectivity index (χ2n) is 9.97. The summed E-state index contributed by atoms with van der Waals surface area (Å²) in [4.78, 5) is 32.0. The Balaban J connectivity index is 1.32. The van der Waals surface area contributed by atoms with Gasteiger partial charge in [0.25, 0.3) is 5.91 Å². The number of ether oxygens (including phenoxy) is 1. The summed E-state index contributed by atoms with van der Waals surface area (Å²) in [5.41, 5.74) is 7.38. The molecule has 38 heavy (non-hydrogen) atoms. The molecule has 3 aromatic rings. The Morgan fingerprint density at radius 2 is 1.95 bits per heavy atom. The number of benzene rings is 1. The van der Waals surface area contributed by atoms with E-state index in [4.69, 9.17) is 15.6 Å². The van der Waals surface area contributed by atoms with Crippen molar-refractivity contribution in [1.29, 1.82) is 0 Å². The average Bonchev–Trinajstić information content (AvgIpc) is 3.41. The summed E-state index contributed by atoms with van der Waals surface area (Å²) in [5.74, 6) is -1.02. The molecular formula is C28H34N6O4. The van der Waals surface area contributed by atoms with Crippen LogP contribution in [0.4, 0.5) is 0 Å². The van der Waals surface area contributed by atoms with Crippen LogP contribution in [0.2, 0.25) is 0 Å². The summed E-state index contributed by atoms with van der Waals surface area (Å²) in [5, 5.41) is 18.0. The molecule has 10 nitrogen and oxygen atoms in total. The van der Waals surface area contributed by atoms with Gasteiger partial charge in [-0.1, -0.05) is 43.2 Å². The van der Waals surface area contributed by atoms with Crippen LogP contribution in [-0.2, 0) is 22.5 Å². The Kier molecular flexibility index (Phi) is 8.11. The van der Waals surface area contributed by atoms with Crippen molar-refractivity contribution in [2.24, 2.45) is 5.73 Å². The molecule has 0 spiro atoms. The standard InChI is InChI=1S/C28H34N6O4/c29-26(36)25(35)22(17-19-7-2-1-3-8-19)31-28(37)21-9-6-13-30-27(21)34-14-12-20(32-34)18-33-15-16-38-24-11-5-4-10-23(24)33/h1-3,6-9,12-14,22-25,35H,4-5,10-11,15-18H2,(H2,29,36)(H,31,37). The maximum Gasteiger partial charge on any atom is 0.255 e. The molecule has 2 fully saturated rings. The lowest BCUT2D eigenvalue weighted by Crippen LogP contribution is -2.52. The van der Waals surface area contributed by atoms with E-state index in [2.05, 4.69) is 15.2 Å². The van der Waals surface area contributed by atoms with Gasteiger partial charge in [-0.05, 0) is 43.0 Å². The van der Waals surface area contributed by atoms with Gasteiger partial charge in [-0.3, -0.25) is 14.5 Å². The molecule has 3 heterocycles. The number of nitrogens with one attached hydrogen (secondary N) is 1. The van der Waals surface area contributed by atoms with Crippen molar-refractivity contribution in [3.05, 3.63) is 77.7 Å². The largest absolute Gasteiger partial charge is 0.381 e. The van der Waals surface area contributed by atoms with E-state index >= 15 is 0 Å². The van der Waals surface area contributed by atoms with E-state index in [0.717, 1.165) is 37.3 Å². The molecule has 0 bridgehead atoms. The first-order chi connectivity index (χ1) is 18.5. The van der Waals surface area contributed by atoms with E-state index in [0.29, 0.717) is 24.5 Å². The molecule has 4 atom stereocenters. The van der Waals surface area contributed by atoms with Crippen molar-refractivity contribution in [1.82, 2.24) is 25.0 Å². The van der Waals surface area contributed by atoms with Crippen molar-refractivity contribution in [3.8, 4) is 5.82 Å². The smallest absolute Gasteiger partial charge is 0.255 e. The summed E-state index contributed by atoms with van der Waals surface area (Å²) in [7, 11) is 0. The van der Waals surface area contributed by atoms with Crippen LogP contribution in [0.25, 0.3) is 5.82 Å². The lowest BCUT2D eigenvalue weighted by molar-refractivity contribution is -0.127. The molecule has 1 aromatic carbocycles. The Morgan fingerprint density at radius 3 is 2.76 bits per heavy atom. The van der Waals surface area contributed by atoms with Crippen molar-refractivity contribution in [3.63, 3.8) is 0 Å². The Labute approximate surface area is 221 Å². The summed E-state index contributed by atoms with van der Waals surface area (Å²) < 4.78 is 7.60. The molecule has 2 aromatic heterocycles. The van der Waals surface area contributed by atoms with Crippen LogP contribution in [0.3, 0.4) is 0 Å². The quantitative estimate of drug-likeness (QED) is 0.391. The van der Waals surface area contributed by atoms with Gasteiger partial charge in [-0.25, -0.2) is 9.67 Å². The molecule has 1 aliphatic heterocycles. The van der Waals surface area contributed by atoms with Crippen LogP contribution >= 0.6 is 0 Å². The molecule has 4 N–H and O–H groups in total. The fourth-order valence-electron chi connectivity index (χ4n) is 5.46. The van der Waals surface area contributed by atoms with Gasteiger partial charge >= 0.3 is 0 Å². The molecule has 1 saturated carbocycles. The van der Waals surface area contributed by atoms with Crippen LogP contribution in [0, 0.1) is 0 Å². The summed E-state index contributed by atoms with van der Waals surface area (Å²) >= 11 is 0. The van der Waals surface area contributed by atoms with Crippen molar-refractivity contribution >= 4 is 11.8 Å². The fraction of sp³-hybridized carbons (Fsp3) is 0.429. The van der Waals surface area contributed by atoms with Crippen molar-refractivity contribution < 1.29 is 19.4 Å². The lowest BCUT2D eigenvalue weighted by Gasteiger charge is -2.43. The van der Waals surface area contributed by atoms with E-state index < -0.39 is 24.0 Å². The number of fused-ring (bicyclic) bond motifs is 1. The van der Waals surface area contributed by atoms with Crippen LogP contribution in [0.15, 0.2) is 60.9 Å². The van der Waals surface area contributed by atoms with Gasteiger partial charge < -0.3 is 20.9 Å². The highest BCUT2D eigenvalue weighted by atomic mass is 16.5. The first-order valence-electron chi connectivity index (χ1n) is 13.2. The van der Waals surface area contributed by atoms with E-state index in [9.17, 15) is 14.7 Å². The van der Waals surface area contributed by atoms with Crippen LogP contribution in [0.5, 0.6) is 0 Å². The first kappa shape index (κ1) is 26.0. The zero-order chi connectivity index (χ0) is 26.5. The number of aromatic nitrogens is 3. The molecule has 10 heteroatoms. The number of aliphatic hydroxyl groups is 1. The third-order valence-electron chi connectivity index (χ3n) is 7.39. The molecule has 1 saturated heterocycles. The first-order valence-corrected chi connectivity index (χ1v) is 13.2. The predicted octanol–water partition coefficient (Wildman–Crippen LogP) is 1.60. The highest BCUT2D eigenvalue weighted by molar-refractivity contribution is 5.97. The van der Waals surface area contributed by atoms with Gasteiger partial charge in [0, 0.05) is 31.5 Å². The second-order valence-corrected chi connectivity index (χ2v) is 9.97. The highest BCUT2D eigenvalue weighted by Gasteiger charge is 2.34. The SMILES string of the molecule is NC(=O)C(O)C(Cc1ccccc1)NC(=O)c1cccnc1-n1ccc(CN2CCOC3CCCCC32)n1. The molecule has 2 aliphatic rings. The van der Waals surface area contributed by atoms with Gasteiger partial charge in [0.15, 0.2) is 11.9 Å². The number of aliphatic hydroxyl groups excluding tert-OH is 1. The Bertz CT molecular complexity index is 1250. The van der Waals surface area contributed by atoms with Crippen LogP contribution < -0.4 is 11.1 Å². The van der Waals surface area contributed by atoms with E-state index in [1.165, 1.54) is 12.8 Å². The average molecular weight is 519 g/mol. The van der Waals surface area contributed by atoms with E-state index in [-0.39, 0.29) is 12.0 Å². The number of primary amides is 1. The topological polar surface area (TPSA) is 136 Å². The minimum Gasteiger partial charge on any atom is -0.381 e. The number of nitrogens with two attached hydrogens (primary N) is 1. The molecule has 2 amide bonds. The molecule has 5 rings (SSSR count). The zero-order valence-corrected chi connectivity index (χ0v) is 21.3. The number of nitrogens with zero attached hydrogens (tertiary/aromatic N) is 4. The number of carbonyl (C=O) groups excluding carboxylic acids is 2. The predicted molar refractivity (Wildman–Crippen MR) is 140 cm³/mol. The number of carbonyl (C=O) groups is 2. The van der Waals surface area contributed by atoms with Gasteiger partial charge in [-0.15, -0.1) is 0 Å². The number of amides is 2. The lowest BCUT2D eigenvalue weighted by atomic mass is 9.90. The fourth-order valence-corrected chi connectivity index (χ4v) is 5.46. The normalized spacial score (nSPS) is 21.3. The van der Waals surface area contributed by atoms with Gasteiger partial charge in [0.05, 0.1) is 30.0 Å². The van der Waals surface area contributed by atoms with Crippen LogP contribution in [-0.4, -0.2) is 74.0 Å². The Hall–Kier alpha value is -3.60. The number of pyridine rings is 1. The Morgan fingerprint density at radius 1 is 1.13 bits per heavy atom. The molecular weight excluding hydrogens is 484 g/mol. The highest BCUT2D eigenvalue weighted by Crippen LogP contribution is 2.29. The number of hydrogen-bond donors (Lipinski definition) is 3. The summed E-state index contributed by atoms with van der Waals surface area (Å²) in [6.07, 6.45) is 7.07. The third kappa shape index (κ3) is 5.93. The molecule has 0 radical (unpaired) electrons. The maximum atomic E-state index is 13.4. The number of hydrogen-bond acceptors (Lipinski definition) is 7. The molecule has 200 valence electrons.